The van der Waals surface area contributed by atoms with Crippen LogP contribution >= 0.6 is 0 Å². The number of hydrogen-bond acceptors (Lipinski definition) is 2. The van der Waals surface area contributed by atoms with Gasteiger partial charge in [0.15, 0.2) is 6.23 Å². The summed E-state index contributed by atoms with van der Waals surface area (Å²) in [5, 5.41) is 4.23. The summed E-state index contributed by atoms with van der Waals surface area (Å²) in [6.07, 6.45) is 13.9. The fourth-order valence-corrected chi connectivity index (χ4v) is 2.48. The number of esters is 1. The summed E-state index contributed by atoms with van der Waals surface area (Å²) in [6.45, 7) is 3.11. The number of nitrogens with zero attached hydrogens (tertiary/aromatic N) is 1. The van der Waals surface area contributed by atoms with Crippen LogP contribution in [0.4, 0.5) is 0 Å². The second kappa shape index (κ2) is 11.3. The van der Waals surface area contributed by atoms with E-state index in [0.29, 0.717) is 6.42 Å². The molecule has 1 radical (unpaired) electrons. The van der Waals surface area contributed by atoms with E-state index in [9.17, 15) is 4.79 Å². The van der Waals surface area contributed by atoms with Crippen LogP contribution < -0.4 is 5.32 Å². The molecule has 1 atom stereocenters. The van der Waals surface area contributed by atoms with Crippen LogP contribution in [0.15, 0.2) is 0 Å². The standard InChI is InChI=1S/C16H30NO2/c1-2-3-4-5-6-7-8-9-10-13-16(18)19-15-12-11-14-17-15/h15H,2-14H2,1H3. The fraction of sp³-hybridized carbons (Fsp3) is 0.938. The Bertz CT molecular complexity index is 225. The van der Waals surface area contributed by atoms with Crippen LogP contribution in [0.3, 0.4) is 0 Å². The molecule has 3 heteroatoms. The molecule has 0 bridgehead atoms. The van der Waals surface area contributed by atoms with Crippen molar-refractivity contribution in [1.82, 2.24) is 5.32 Å². The van der Waals surface area contributed by atoms with E-state index < -0.39 is 0 Å². The second-order valence-corrected chi connectivity index (χ2v) is 5.57. The van der Waals surface area contributed by atoms with E-state index in [1.54, 1.807) is 0 Å². The summed E-state index contributed by atoms with van der Waals surface area (Å²) < 4.78 is 5.28. The van der Waals surface area contributed by atoms with E-state index >= 15 is 0 Å². The molecule has 0 amide bonds. The Labute approximate surface area is 118 Å². The van der Waals surface area contributed by atoms with Gasteiger partial charge in [-0.05, 0) is 12.8 Å². The third-order valence-electron chi connectivity index (χ3n) is 3.69. The zero-order chi connectivity index (χ0) is 13.8. The molecule has 1 fully saturated rings. The maximum absolute atomic E-state index is 11.5. The van der Waals surface area contributed by atoms with E-state index in [0.717, 1.165) is 32.2 Å². The van der Waals surface area contributed by atoms with Gasteiger partial charge in [0.2, 0.25) is 0 Å². The van der Waals surface area contributed by atoms with Gasteiger partial charge in [-0.15, -0.1) is 0 Å². The van der Waals surface area contributed by atoms with Crippen LogP contribution in [0.1, 0.15) is 84.0 Å². The molecule has 0 spiro atoms. The Hall–Kier alpha value is -0.570. The number of carbonyl (C=O) groups is 1. The summed E-state index contributed by atoms with van der Waals surface area (Å²) in [6, 6.07) is 0. The minimum atomic E-state index is -0.133. The Morgan fingerprint density at radius 3 is 2.26 bits per heavy atom. The van der Waals surface area contributed by atoms with E-state index in [1.807, 2.05) is 0 Å². The minimum absolute atomic E-state index is 0.0569. The van der Waals surface area contributed by atoms with Gasteiger partial charge < -0.3 is 4.74 Å². The molecule has 1 heterocycles. The molecule has 0 N–H and O–H groups in total. The zero-order valence-corrected chi connectivity index (χ0v) is 12.5. The summed E-state index contributed by atoms with van der Waals surface area (Å²) >= 11 is 0. The lowest BCUT2D eigenvalue weighted by molar-refractivity contribution is -0.150. The molecular formula is C16H30NO2. The first kappa shape index (κ1) is 16.5. The highest BCUT2D eigenvalue weighted by atomic mass is 16.6. The molecule has 1 aliphatic rings. The van der Waals surface area contributed by atoms with Gasteiger partial charge in [0.05, 0.1) is 0 Å². The highest BCUT2D eigenvalue weighted by Crippen LogP contribution is 2.13. The maximum Gasteiger partial charge on any atom is 0.307 e. The summed E-state index contributed by atoms with van der Waals surface area (Å²) in [5.74, 6) is -0.0569. The SMILES string of the molecule is CCCCCCCCCCCC(=O)OC1CCC[N]1. The third kappa shape index (κ3) is 9.04. The summed E-state index contributed by atoms with van der Waals surface area (Å²) in [5.41, 5.74) is 0. The van der Waals surface area contributed by atoms with E-state index in [-0.39, 0.29) is 12.2 Å². The zero-order valence-electron chi connectivity index (χ0n) is 12.5. The van der Waals surface area contributed by atoms with E-state index in [4.69, 9.17) is 4.74 Å². The van der Waals surface area contributed by atoms with Gasteiger partial charge >= 0.3 is 5.97 Å². The Kier molecular flexibility index (Phi) is 9.78. The minimum Gasteiger partial charge on any atom is -0.445 e. The van der Waals surface area contributed by atoms with Crippen LogP contribution in [-0.4, -0.2) is 18.7 Å². The first-order valence-corrected chi connectivity index (χ1v) is 8.19. The predicted octanol–water partition coefficient (Wildman–Crippen LogP) is 4.17. The highest BCUT2D eigenvalue weighted by molar-refractivity contribution is 5.69. The highest BCUT2D eigenvalue weighted by Gasteiger charge is 2.19. The quantitative estimate of drug-likeness (QED) is 0.417. The van der Waals surface area contributed by atoms with Gasteiger partial charge in [0.25, 0.3) is 0 Å². The van der Waals surface area contributed by atoms with Gasteiger partial charge in [0, 0.05) is 19.4 Å². The van der Waals surface area contributed by atoms with Gasteiger partial charge in [-0.25, -0.2) is 5.32 Å². The van der Waals surface area contributed by atoms with Crippen LogP contribution in [0.5, 0.6) is 0 Å². The summed E-state index contributed by atoms with van der Waals surface area (Å²) in [4.78, 5) is 11.5. The average molecular weight is 268 g/mol. The number of rotatable bonds is 11. The average Bonchev–Trinajstić information content (AvgIpc) is 2.89. The van der Waals surface area contributed by atoms with E-state index in [2.05, 4.69) is 12.2 Å². The molecule has 0 saturated carbocycles. The van der Waals surface area contributed by atoms with Crippen molar-refractivity contribution < 1.29 is 9.53 Å². The number of ether oxygens (including phenoxy) is 1. The normalized spacial score (nSPS) is 18.7. The smallest absolute Gasteiger partial charge is 0.307 e. The molecule has 0 aromatic carbocycles. The maximum atomic E-state index is 11.5. The molecule has 111 valence electrons. The predicted molar refractivity (Wildman–Crippen MR) is 78.0 cm³/mol. The lowest BCUT2D eigenvalue weighted by Gasteiger charge is -2.10. The first-order chi connectivity index (χ1) is 9.33. The molecule has 3 nitrogen and oxygen atoms in total. The van der Waals surface area contributed by atoms with Crippen molar-refractivity contribution in [3.8, 4) is 0 Å². The van der Waals surface area contributed by atoms with Crippen molar-refractivity contribution in [2.75, 3.05) is 6.54 Å². The summed E-state index contributed by atoms with van der Waals surface area (Å²) in [7, 11) is 0. The van der Waals surface area contributed by atoms with E-state index in [1.165, 1.54) is 44.9 Å². The molecule has 0 aliphatic carbocycles. The van der Waals surface area contributed by atoms with Gasteiger partial charge in [-0.1, -0.05) is 58.3 Å². The molecule has 19 heavy (non-hydrogen) atoms. The molecule has 1 saturated heterocycles. The lowest BCUT2D eigenvalue weighted by atomic mass is 10.1. The van der Waals surface area contributed by atoms with Crippen molar-refractivity contribution >= 4 is 5.97 Å². The second-order valence-electron chi connectivity index (χ2n) is 5.57. The van der Waals surface area contributed by atoms with Crippen LogP contribution in [0.25, 0.3) is 0 Å². The van der Waals surface area contributed by atoms with Crippen molar-refractivity contribution in [3.05, 3.63) is 0 Å². The molecule has 1 unspecified atom stereocenters. The number of hydrogen-bond donors (Lipinski definition) is 0. The molecule has 1 aliphatic heterocycles. The van der Waals surface area contributed by atoms with Crippen LogP contribution in [0, 0.1) is 0 Å². The third-order valence-corrected chi connectivity index (χ3v) is 3.69. The van der Waals surface area contributed by atoms with Crippen LogP contribution in [-0.2, 0) is 9.53 Å². The monoisotopic (exact) mass is 268 g/mol. The van der Waals surface area contributed by atoms with Crippen molar-refractivity contribution in [2.24, 2.45) is 0 Å². The van der Waals surface area contributed by atoms with Crippen molar-refractivity contribution in [2.45, 2.75) is 90.2 Å². The van der Waals surface area contributed by atoms with Crippen molar-refractivity contribution in [3.63, 3.8) is 0 Å². The van der Waals surface area contributed by atoms with Crippen molar-refractivity contribution in [1.29, 1.82) is 0 Å². The Balaban J connectivity index is 1.80. The topological polar surface area (TPSA) is 40.4 Å². The molecular weight excluding hydrogens is 238 g/mol. The van der Waals surface area contributed by atoms with Gasteiger partial charge in [-0.3, -0.25) is 4.79 Å². The largest absolute Gasteiger partial charge is 0.445 e. The number of carbonyl (C=O) groups excluding carboxylic acids is 1. The first-order valence-electron chi connectivity index (χ1n) is 8.19. The van der Waals surface area contributed by atoms with Crippen LogP contribution in [0.2, 0.25) is 0 Å². The Morgan fingerprint density at radius 2 is 1.68 bits per heavy atom. The Morgan fingerprint density at radius 1 is 1.05 bits per heavy atom. The lowest BCUT2D eigenvalue weighted by Crippen LogP contribution is -2.22. The number of unbranched alkanes of at least 4 members (excludes halogenated alkanes) is 8. The van der Waals surface area contributed by atoms with Gasteiger partial charge in [0.1, 0.15) is 0 Å². The molecule has 0 aromatic rings. The fourth-order valence-electron chi connectivity index (χ4n) is 2.48. The molecule has 0 aromatic heterocycles. The van der Waals surface area contributed by atoms with Gasteiger partial charge in [-0.2, -0.15) is 0 Å². The molecule has 1 rings (SSSR count).